The Morgan fingerprint density at radius 3 is 2.47 bits per heavy atom. The number of aromatic nitrogens is 1. The zero-order chi connectivity index (χ0) is 23.3. The molecular formula is C22H21ClN2O5S2. The van der Waals surface area contributed by atoms with Crippen molar-refractivity contribution in [1.82, 2.24) is 4.57 Å². The Morgan fingerprint density at radius 1 is 1.19 bits per heavy atom. The molecule has 0 spiro atoms. The maximum atomic E-state index is 12.5. The Hall–Kier alpha value is -2.80. The summed E-state index contributed by atoms with van der Waals surface area (Å²) in [6.45, 7) is 0.215. The first-order valence-corrected chi connectivity index (χ1v) is 12.4. The number of fused-ring (bicyclic) bond motifs is 1. The third-order valence-corrected chi connectivity index (χ3v) is 7.74. The van der Waals surface area contributed by atoms with Crippen molar-refractivity contribution in [2.45, 2.75) is 24.3 Å². The summed E-state index contributed by atoms with van der Waals surface area (Å²) in [4.78, 5) is 17.3. The van der Waals surface area contributed by atoms with Gasteiger partial charge < -0.3 is 14.0 Å². The van der Waals surface area contributed by atoms with Gasteiger partial charge >= 0.3 is 0 Å². The number of hydrogen-bond donors (Lipinski definition) is 0. The number of hydrogen-bond acceptors (Lipinski definition) is 6. The molecule has 1 heterocycles. The number of sulfone groups is 1. The lowest BCUT2D eigenvalue weighted by atomic mass is 10.3. The Kier molecular flexibility index (Phi) is 7.61. The molecule has 3 aromatic rings. The Labute approximate surface area is 195 Å². The maximum Gasteiger partial charge on any atom is 0.248 e. The van der Waals surface area contributed by atoms with Crippen LogP contribution < -0.4 is 14.3 Å². The van der Waals surface area contributed by atoms with Gasteiger partial charge in [-0.1, -0.05) is 28.9 Å². The fraction of sp³-hybridized carbons (Fsp3) is 0.273. The second kappa shape index (κ2) is 10.2. The highest BCUT2D eigenvalue weighted by Gasteiger charge is 2.16. The van der Waals surface area contributed by atoms with Crippen LogP contribution >= 0.6 is 22.9 Å². The molecule has 1 amide bonds. The molecule has 0 aliphatic carbocycles. The molecule has 3 rings (SSSR count). The summed E-state index contributed by atoms with van der Waals surface area (Å²) in [5, 5.41) is 0.455. The van der Waals surface area contributed by atoms with Crippen molar-refractivity contribution in [3.05, 3.63) is 46.2 Å². The number of benzene rings is 2. The van der Waals surface area contributed by atoms with Crippen LogP contribution in [0.5, 0.6) is 11.5 Å². The highest BCUT2D eigenvalue weighted by molar-refractivity contribution is 7.91. The quantitative estimate of drug-likeness (QED) is 0.447. The molecule has 0 N–H and O–H groups in total. The summed E-state index contributed by atoms with van der Waals surface area (Å²) in [5.41, 5.74) is 0.766. The lowest BCUT2D eigenvalue weighted by molar-refractivity contribution is -0.118. The Balaban J connectivity index is 1.81. The van der Waals surface area contributed by atoms with Crippen molar-refractivity contribution in [2.24, 2.45) is 4.99 Å². The first kappa shape index (κ1) is 23.9. The van der Waals surface area contributed by atoms with Gasteiger partial charge in [0.15, 0.2) is 26.1 Å². The van der Waals surface area contributed by atoms with Gasteiger partial charge in [0, 0.05) is 23.6 Å². The van der Waals surface area contributed by atoms with Crippen LogP contribution in [0.25, 0.3) is 10.2 Å². The van der Waals surface area contributed by atoms with Gasteiger partial charge in [-0.05, 0) is 30.7 Å². The van der Waals surface area contributed by atoms with E-state index in [1.807, 2.05) is 0 Å². The van der Waals surface area contributed by atoms with E-state index in [-0.39, 0.29) is 30.0 Å². The third kappa shape index (κ3) is 5.33. The molecule has 2 aromatic carbocycles. The van der Waals surface area contributed by atoms with Crippen molar-refractivity contribution in [1.29, 1.82) is 0 Å². The molecule has 0 fully saturated rings. The molecule has 0 radical (unpaired) electrons. The van der Waals surface area contributed by atoms with E-state index in [2.05, 4.69) is 10.9 Å². The average Bonchev–Trinajstić information content (AvgIpc) is 3.08. The normalized spacial score (nSPS) is 12.0. The minimum Gasteiger partial charge on any atom is -0.493 e. The number of methoxy groups -OCH3 is 2. The van der Waals surface area contributed by atoms with Gasteiger partial charge in [0.05, 0.1) is 41.6 Å². The molecule has 0 unspecified atom stereocenters. The van der Waals surface area contributed by atoms with E-state index in [0.717, 1.165) is 10.2 Å². The second-order valence-corrected chi connectivity index (χ2v) is 10.3. The summed E-state index contributed by atoms with van der Waals surface area (Å²) < 4.78 is 38.1. The lowest BCUT2D eigenvalue weighted by Gasteiger charge is -2.08. The summed E-state index contributed by atoms with van der Waals surface area (Å²) in [6.07, 6.45) is 5.64. The smallest absolute Gasteiger partial charge is 0.248 e. The van der Waals surface area contributed by atoms with E-state index >= 15 is 0 Å². The summed E-state index contributed by atoms with van der Waals surface area (Å²) >= 11 is 7.10. The number of terminal acetylenes is 1. The number of rotatable bonds is 8. The van der Waals surface area contributed by atoms with Gasteiger partial charge in [0.2, 0.25) is 5.91 Å². The van der Waals surface area contributed by atoms with E-state index in [0.29, 0.717) is 21.3 Å². The van der Waals surface area contributed by atoms with E-state index in [4.69, 9.17) is 27.5 Å². The number of thiazole rings is 1. The molecule has 10 heteroatoms. The predicted molar refractivity (Wildman–Crippen MR) is 125 cm³/mol. The van der Waals surface area contributed by atoms with E-state index in [1.165, 1.54) is 42.7 Å². The van der Waals surface area contributed by atoms with Crippen LogP contribution in [0.1, 0.15) is 12.8 Å². The van der Waals surface area contributed by atoms with Crippen LogP contribution in [-0.4, -0.2) is 38.9 Å². The average molecular weight is 493 g/mol. The largest absolute Gasteiger partial charge is 0.493 e. The Bertz CT molecular complexity index is 1350. The lowest BCUT2D eigenvalue weighted by Crippen LogP contribution is -2.17. The van der Waals surface area contributed by atoms with Crippen molar-refractivity contribution in [3.63, 3.8) is 0 Å². The van der Waals surface area contributed by atoms with Crippen LogP contribution in [0, 0.1) is 12.3 Å². The molecule has 168 valence electrons. The molecule has 32 heavy (non-hydrogen) atoms. The first-order chi connectivity index (χ1) is 15.3. The summed E-state index contributed by atoms with van der Waals surface area (Å²) in [7, 11) is -0.430. The fourth-order valence-electron chi connectivity index (χ4n) is 3.06. The Morgan fingerprint density at radius 2 is 1.84 bits per heavy atom. The van der Waals surface area contributed by atoms with E-state index in [9.17, 15) is 13.2 Å². The maximum absolute atomic E-state index is 12.5. The van der Waals surface area contributed by atoms with Gasteiger partial charge in [0.25, 0.3) is 0 Å². The minimum absolute atomic E-state index is 0.0102. The van der Waals surface area contributed by atoms with E-state index < -0.39 is 15.7 Å². The molecule has 0 aliphatic rings. The number of halogens is 1. The van der Waals surface area contributed by atoms with Crippen molar-refractivity contribution in [3.8, 4) is 23.8 Å². The molecule has 0 aliphatic heterocycles. The van der Waals surface area contributed by atoms with Crippen LogP contribution in [-0.2, 0) is 21.2 Å². The van der Waals surface area contributed by atoms with Crippen LogP contribution in [0.4, 0.5) is 0 Å². The fourth-order valence-corrected chi connectivity index (χ4v) is 5.56. The molecule has 7 nitrogen and oxygen atoms in total. The van der Waals surface area contributed by atoms with Gasteiger partial charge in [-0.15, -0.1) is 6.42 Å². The van der Waals surface area contributed by atoms with Gasteiger partial charge in [0.1, 0.15) is 0 Å². The summed E-state index contributed by atoms with van der Waals surface area (Å²) in [6, 6.07) is 9.52. The molecule has 1 aromatic heterocycles. The summed E-state index contributed by atoms with van der Waals surface area (Å²) in [5.74, 6) is 3.07. The predicted octanol–water partition coefficient (Wildman–Crippen LogP) is 3.69. The monoisotopic (exact) mass is 492 g/mol. The molecule has 0 saturated carbocycles. The molecular weight excluding hydrogens is 472 g/mol. The first-order valence-electron chi connectivity index (χ1n) is 9.53. The number of amides is 1. The zero-order valence-electron chi connectivity index (χ0n) is 17.5. The standard InChI is InChI=1S/C22H21ClN2O5S2/c1-4-11-25-17-13-18(29-2)19(30-3)14-20(17)31-22(25)24-21(26)6-5-12-32(27,28)16-9-7-15(23)8-10-16/h1,7-10,13-14H,5-6,11-12H2,2-3H3. The third-order valence-electron chi connectivity index (χ3n) is 4.63. The van der Waals surface area contributed by atoms with Gasteiger partial charge in [-0.3, -0.25) is 4.79 Å². The topological polar surface area (TPSA) is 87.0 Å². The minimum atomic E-state index is -3.51. The molecule has 0 saturated heterocycles. The molecule has 0 atom stereocenters. The molecule has 0 bridgehead atoms. The SMILES string of the molecule is C#CCn1c(=NC(=O)CCCS(=O)(=O)c2ccc(Cl)cc2)sc2cc(OC)c(OC)cc21. The number of carbonyl (C=O) groups is 1. The number of carbonyl (C=O) groups excluding carboxylic acids is 1. The zero-order valence-corrected chi connectivity index (χ0v) is 19.9. The van der Waals surface area contributed by atoms with Crippen LogP contribution in [0.3, 0.4) is 0 Å². The van der Waals surface area contributed by atoms with Gasteiger partial charge in [-0.25, -0.2) is 8.42 Å². The number of ether oxygens (including phenoxy) is 2. The van der Waals surface area contributed by atoms with Gasteiger partial charge in [-0.2, -0.15) is 4.99 Å². The van der Waals surface area contributed by atoms with Crippen molar-refractivity contribution in [2.75, 3.05) is 20.0 Å². The van der Waals surface area contributed by atoms with Crippen LogP contribution in [0.2, 0.25) is 5.02 Å². The van der Waals surface area contributed by atoms with E-state index in [1.54, 1.807) is 23.8 Å². The van der Waals surface area contributed by atoms with Crippen molar-refractivity contribution < 1.29 is 22.7 Å². The highest BCUT2D eigenvalue weighted by Crippen LogP contribution is 2.33. The number of nitrogens with zero attached hydrogens (tertiary/aromatic N) is 2. The highest BCUT2D eigenvalue weighted by atomic mass is 35.5. The second-order valence-electron chi connectivity index (χ2n) is 6.73. The van der Waals surface area contributed by atoms with Crippen LogP contribution in [0.15, 0.2) is 46.3 Å². The van der Waals surface area contributed by atoms with Crippen molar-refractivity contribution >= 4 is 48.9 Å².